The zero-order valence-corrected chi connectivity index (χ0v) is 11.4. The van der Waals surface area contributed by atoms with E-state index in [4.69, 9.17) is 4.52 Å². The summed E-state index contributed by atoms with van der Waals surface area (Å²) in [5.41, 5.74) is 0.205. The Balaban J connectivity index is 1.87. The monoisotopic (exact) mass is 274 g/mol. The Morgan fingerprint density at radius 2 is 2.00 bits per heavy atom. The standard InChI is InChI=1S/C15H18N2O3/c1-2-9-6-7-10(8-9)14-16-15(20-17-14)13-11(18)4-3-5-12(13)19/h3-5,9-10,18-19H,2,6-8H2,1H3. The van der Waals surface area contributed by atoms with Crippen molar-refractivity contribution in [3.63, 3.8) is 0 Å². The van der Waals surface area contributed by atoms with Gasteiger partial charge in [-0.1, -0.05) is 24.6 Å². The average molecular weight is 274 g/mol. The van der Waals surface area contributed by atoms with Gasteiger partial charge in [0.15, 0.2) is 5.82 Å². The van der Waals surface area contributed by atoms with Crippen molar-refractivity contribution in [1.29, 1.82) is 0 Å². The van der Waals surface area contributed by atoms with Crippen LogP contribution < -0.4 is 0 Å². The molecule has 5 heteroatoms. The molecule has 3 rings (SSSR count). The van der Waals surface area contributed by atoms with E-state index in [0.717, 1.165) is 18.8 Å². The minimum absolute atomic E-state index is 0.0574. The molecule has 1 fully saturated rings. The fraction of sp³-hybridized carbons (Fsp3) is 0.467. The molecule has 0 radical (unpaired) electrons. The Hall–Kier alpha value is -2.04. The number of phenolic OH excluding ortho intramolecular Hbond substituents is 2. The third-order valence-corrected chi connectivity index (χ3v) is 4.16. The number of nitrogens with zero attached hydrogens (tertiary/aromatic N) is 2. The van der Waals surface area contributed by atoms with Gasteiger partial charge < -0.3 is 14.7 Å². The predicted octanol–water partition coefficient (Wildman–Crippen LogP) is 3.44. The molecule has 1 aromatic heterocycles. The topological polar surface area (TPSA) is 79.4 Å². The van der Waals surface area contributed by atoms with Crippen LogP contribution in [0.25, 0.3) is 11.5 Å². The Bertz CT molecular complexity index is 589. The number of benzene rings is 1. The van der Waals surface area contributed by atoms with Crippen LogP contribution in [0.3, 0.4) is 0 Å². The number of hydrogen-bond donors (Lipinski definition) is 2. The van der Waals surface area contributed by atoms with Crippen LogP contribution in [0.4, 0.5) is 0 Å². The molecular formula is C15H18N2O3. The quantitative estimate of drug-likeness (QED) is 0.896. The summed E-state index contributed by atoms with van der Waals surface area (Å²) in [7, 11) is 0. The first-order valence-electron chi connectivity index (χ1n) is 7.04. The van der Waals surface area contributed by atoms with Gasteiger partial charge in [-0.15, -0.1) is 0 Å². The van der Waals surface area contributed by atoms with Crippen molar-refractivity contribution in [3.05, 3.63) is 24.0 Å². The maximum absolute atomic E-state index is 9.81. The number of aromatic nitrogens is 2. The first-order chi connectivity index (χ1) is 9.69. The van der Waals surface area contributed by atoms with Crippen molar-refractivity contribution < 1.29 is 14.7 Å². The van der Waals surface area contributed by atoms with Crippen molar-refractivity contribution in [2.24, 2.45) is 5.92 Å². The van der Waals surface area contributed by atoms with E-state index in [1.165, 1.54) is 25.0 Å². The van der Waals surface area contributed by atoms with Gasteiger partial charge in [-0.25, -0.2) is 0 Å². The van der Waals surface area contributed by atoms with E-state index in [0.29, 0.717) is 11.7 Å². The summed E-state index contributed by atoms with van der Waals surface area (Å²) in [5, 5.41) is 23.6. The van der Waals surface area contributed by atoms with Crippen molar-refractivity contribution in [2.75, 3.05) is 0 Å². The molecular weight excluding hydrogens is 256 g/mol. The van der Waals surface area contributed by atoms with E-state index >= 15 is 0 Å². The average Bonchev–Trinajstić information content (AvgIpc) is 3.06. The summed E-state index contributed by atoms with van der Waals surface area (Å²) in [4.78, 5) is 4.36. The second-order valence-electron chi connectivity index (χ2n) is 5.41. The van der Waals surface area contributed by atoms with Crippen LogP contribution in [0.15, 0.2) is 22.7 Å². The second-order valence-corrected chi connectivity index (χ2v) is 5.41. The smallest absolute Gasteiger partial charge is 0.265 e. The summed E-state index contributed by atoms with van der Waals surface area (Å²) in [5.74, 6) is 1.80. The molecule has 106 valence electrons. The Labute approximate surface area is 117 Å². The van der Waals surface area contributed by atoms with Gasteiger partial charge in [0.2, 0.25) is 0 Å². The molecule has 5 nitrogen and oxygen atoms in total. The molecule has 2 unspecified atom stereocenters. The molecule has 2 N–H and O–H groups in total. The van der Waals surface area contributed by atoms with Crippen molar-refractivity contribution >= 4 is 0 Å². The van der Waals surface area contributed by atoms with E-state index in [9.17, 15) is 10.2 Å². The third-order valence-electron chi connectivity index (χ3n) is 4.16. The van der Waals surface area contributed by atoms with Gasteiger partial charge >= 0.3 is 0 Å². The molecule has 0 aliphatic heterocycles. The van der Waals surface area contributed by atoms with Gasteiger partial charge in [0, 0.05) is 5.92 Å². The minimum atomic E-state index is -0.0574. The van der Waals surface area contributed by atoms with Gasteiger partial charge in [-0.3, -0.25) is 0 Å². The predicted molar refractivity (Wildman–Crippen MR) is 73.4 cm³/mol. The fourth-order valence-corrected chi connectivity index (χ4v) is 2.93. The highest BCUT2D eigenvalue weighted by atomic mass is 16.5. The Kier molecular flexibility index (Phi) is 3.34. The van der Waals surface area contributed by atoms with Gasteiger partial charge in [-0.05, 0) is 37.3 Å². The molecule has 1 heterocycles. The van der Waals surface area contributed by atoms with E-state index in [-0.39, 0.29) is 23.0 Å². The van der Waals surface area contributed by atoms with Gasteiger partial charge in [-0.2, -0.15) is 4.98 Å². The molecule has 1 aliphatic carbocycles. The first-order valence-corrected chi connectivity index (χ1v) is 7.04. The van der Waals surface area contributed by atoms with E-state index in [2.05, 4.69) is 17.1 Å². The number of hydrogen-bond acceptors (Lipinski definition) is 5. The van der Waals surface area contributed by atoms with E-state index < -0.39 is 0 Å². The van der Waals surface area contributed by atoms with Crippen LogP contribution in [0.2, 0.25) is 0 Å². The maximum Gasteiger partial charge on any atom is 0.265 e. The lowest BCUT2D eigenvalue weighted by atomic mass is 10.0. The van der Waals surface area contributed by atoms with E-state index in [1.807, 2.05) is 0 Å². The fourth-order valence-electron chi connectivity index (χ4n) is 2.93. The lowest BCUT2D eigenvalue weighted by Gasteiger charge is -2.04. The molecule has 20 heavy (non-hydrogen) atoms. The van der Waals surface area contributed by atoms with Gasteiger partial charge in [0.1, 0.15) is 17.1 Å². The highest BCUT2D eigenvalue weighted by Crippen LogP contribution is 2.40. The lowest BCUT2D eigenvalue weighted by molar-refractivity contribution is 0.404. The number of phenols is 2. The van der Waals surface area contributed by atoms with E-state index in [1.54, 1.807) is 6.07 Å². The Morgan fingerprint density at radius 1 is 1.25 bits per heavy atom. The molecule has 0 amide bonds. The summed E-state index contributed by atoms with van der Waals surface area (Å²) in [6.07, 6.45) is 4.54. The first kappa shape index (κ1) is 13.0. The normalized spacial score (nSPS) is 22.2. The SMILES string of the molecule is CCC1CCC(c2noc(-c3c(O)cccc3O)n2)C1. The summed E-state index contributed by atoms with van der Waals surface area (Å²) in [6, 6.07) is 4.54. The van der Waals surface area contributed by atoms with Crippen molar-refractivity contribution in [1.82, 2.24) is 10.1 Å². The van der Waals surface area contributed by atoms with Crippen LogP contribution in [-0.2, 0) is 0 Å². The van der Waals surface area contributed by atoms with Crippen molar-refractivity contribution in [3.8, 4) is 23.0 Å². The van der Waals surface area contributed by atoms with Crippen molar-refractivity contribution in [2.45, 2.75) is 38.5 Å². The number of aromatic hydroxyl groups is 2. The lowest BCUT2D eigenvalue weighted by Crippen LogP contribution is -1.97. The Morgan fingerprint density at radius 3 is 2.65 bits per heavy atom. The van der Waals surface area contributed by atoms with Crippen LogP contribution in [0.5, 0.6) is 11.5 Å². The van der Waals surface area contributed by atoms with Crippen LogP contribution >= 0.6 is 0 Å². The zero-order chi connectivity index (χ0) is 14.1. The third kappa shape index (κ3) is 2.24. The van der Waals surface area contributed by atoms with Crippen LogP contribution in [0.1, 0.15) is 44.3 Å². The van der Waals surface area contributed by atoms with Crippen LogP contribution in [-0.4, -0.2) is 20.4 Å². The summed E-state index contributed by atoms with van der Waals surface area (Å²) < 4.78 is 5.21. The maximum atomic E-state index is 9.81. The van der Waals surface area contributed by atoms with Crippen LogP contribution in [0, 0.1) is 5.92 Å². The number of rotatable bonds is 3. The van der Waals surface area contributed by atoms with Gasteiger partial charge in [0.25, 0.3) is 5.89 Å². The molecule has 1 saturated carbocycles. The minimum Gasteiger partial charge on any atom is -0.507 e. The largest absolute Gasteiger partial charge is 0.507 e. The summed E-state index contributed by atoms with van der Waals surface area (Å²) in [6.45, 7) is 2.20. The molecule has 2 aromatic rings. The molecule has 0 bridgehead atoms. The molecule has 0 saturated heterocycles. The molecule has 1 aromatic carbocycles. The van der Waals surface area contributed by atoms with Gasteiger partial charge in [0.05, 0.1) is 0 Å². The summed E-state index contributed by atoms with van der Waals surface area (Å²) >= 11 is 0. The highest BCUT2D eigenvalue weighted by molar-refractivity contribution is 5.69. The molecule has 2 atom stereocenters. The molecule has 1 aliphatic rings. The molecule has 0 spiro atoms. The highest BCUT2D eigenvalue weighted by Gasteiger charge is 2.29. The second kappa shape index (κ2) is 5.15. The zero-order valence-electron chi connectivity index (χ0n) is 11.4.